The molecule has 5 rings (SSSR count). The average molecular weight is 407 g/mol. The Kier molecular flexibility index (Phi) is 5.28. The van der Waals surface area contributed by atoms with Gasteiger partial charge in [-0.05, 0) is 90.8 Å². The molecule has 3 aromatic rings. The van der Waals surface area contributed by atoms with Gasteiger partial charge in [0.25, 0.3) is 0 Å². The Morgan fingerprint density at radius 2 is 1.76 bits per heavy atom. The molecule has 2 unspecified atom stereocenters. The largest absolute Gasteiger partial charge is 0.396 e. The van der Waals surface area contributed by atoms with E-state index >= 15 is 0 Å². The topological polar surface area (TPSA) is 20.2 Å². The Labute approximate surface area is 176 Å². The summed E-state index contributed by atoms with van der Waals surface area (Å²) in [6, 6.07) is 18.5. The smallest absolute Gasteiger partial charge is 0.132 e. The molecule has 0 bridgehead atoms. The second-order valence-corrected chi connectivity index (χ2v) is 9.73. The molecule has 2 atom stereocenters. The van der Waals surface area contributed by atoms with Crippen molar-refractivity contribution in [3.05, 3.63) is 70.9 Å². The minimum Gasteiger partial charge on any atom is -0.396 e. The normalized spacial score (nSPS) is 21.2. The summed E-state index contributed by atoms with van der Waals surface area (Å²) in [5, 5.41) is 9.00. The maximum Gasteiger partial charge on any atom is 0.132 e. The highest BCUT2D eigenvalue weighted by atomic mass is 32.1. The van der Waals surface area contributed by atoms with Gasteiger partial charge in [0.1, 0.15) is 5.82 Å². The Hall–Kier alpha value is -1.97. The molecule has 29 heavy (non-hydrogen) atoms. The lowest BCUT2D eigenvalue weighted by Crippen LogP contribution is -2.08. The molecule has 0 aliphatic heterocycles. The van der Waals surface area contributed by atoms with E-state index in [4.69, 9.17) is 5.11 Å². The van der Waals surface area contributed by atoms with Crippen molar-refractivity contribution in [2.75, 3.05) is 6.61 Å². The molecule has 2 fully saturated rings. The van der Waals surface area contributed by atoms with Crippen molar-refractivity contribution in [1.29, 1.82) is 0 Å². The van der Waals surface area contributed by atoms with Gasteiger partial charge in [-0.3, -0.25) is 0 Å². The molecule has 0 radical (unpaired) electrons. The summed E-state index contributed by atoms with van der Waals surface area (Å²) in [4.78, 5) is 2.37. The maximum atomic E-state index is 14.9. The number of aliphatic hydroxyl groups excluding tert-OH is 1. The molecule has 2 aromatic carbocycles. The molecule has 1 aromatic heterocycles. The van der Waals surface area contributed by atoms with Gasteiger partial charge in [0.15, 0.2) is 0 Å². The summed E-state index contributed by atoms with van der Waals surface area (Å²) in [6.07, 6.45) is 7.13. The summed E-state index contributed by atoms with van der Waals surface area (Å²) in [5.41, 5.74) is 4.13. The standard InChI is InChI=1S/C26H27FOS/c27-24-16-20(19-8-6-18(7-9-19)17-3-1-4-17)10-11-22(24)25-12-13-26(29-25)23-15-21(23)5-2-14-28/h6-13,16-17,21,23,28H,1-5,14-15H2. The molecule has 0 spiro atoms. The van der Waals surface area contributed by atoms with Crippen molar-refractivity contribution >= 4 is 11.3 Å². The predicted octanol–water partition coefficient (Wildman–Crippen LogP) is 7.36. The lowest BCUT2D eigenvalue weighted by atomic mass is 9.80. The fourth-order valence-corrected chi connectivity index (χ4v) is 5.79. The highest BCUT2D eigenvalue weighted by Crippen LogP contribution is 2.53. The van der Waals surface area contributed by atoms with E-state index in [1.165, 1.54) is 36.1 Å². The molecule has 0 amide bonds. The van der Waals surface area contributed by atoms with Crippen molar-refractivity contribution in [2.45, 2.75) is 50.4 Å². The molecular formula is C26H27FOS. The molecule has 0 saturated heterocycles. The molecule has 150 valence electrons. The number of thiophene rings is 1. The summed E-state index contributed by atoms with van der Waals surface area (Å²) in [6.45, 7) is 0.278. The van der Waals surface area contributed by atoms with Gasteiger partial charge in [-0.15, -0.1) is 11.3 Å². The second-order valence-electron chi connectivity index (χ2n) is 8.61. The van der Waals surface area contributed by atoms with Gasteiger partial charge < -0.3 is 5.11 Å². The second kappa shape index (κ2) is 8.04. The van der Waals surface area contributed by atoms with Crippen LogP contribution in [0.15, 0.2) is 54.6 Å². The fourth-order valence-electron chi connectivity index (χ4n) is 4.55. The molecule has 1 nitrogen and oxygen atoms in total. The lowest BCUT2D eigenvalue weighted by Gasteiger charge is -2.25. The van der Waals surface area contributed by atoms with E-state index in [0.29, 0.717) is 17.4 Å². The Morgan fingerprint density at radius 1 is 0.966 bits per heavy atom. The van der Waals surface area contributed by atoms with E-state index in [0.717, 1.165) is 34.8 Å². The van der Waals surface area contributed by atoms with Crippen molar-refractivity contribution in [3.8, 4) is 21.6 Å². The van der Waals surface area contributed by atoms with Gasteiger partial charge in [0, 0.05) is 21.9 Å². The van der Waals surface area contributed by atoms with Crippen molar-refractivity contribution in [2.24, 2.45) is 5.92 Å². The van der Waals surface area contributed by atoms with Gasteiger partial charge in [-0.1, -0.05) is 36.8 Å². The average Bonchev–Trinajstić information content (AvgIpc) is 3.31. The third-order valence-electron chi connectivity index (χ3n) is 6.70. The molecule has 1 N–H and O–H groups in total. The van der Waals surface area contributed by atoms with Gasteiger partial charge in [-0.2, -0.15) is 0 Å². The van der Waals surface area contributed by atoms with E-state index < -0.39 is 0 Å². The zero-order chi connectivity index (χ0) is 19.8. The van der Waals surface area contributed by atoms with Crippen molar-refractivity contribution in [3.63, 3.8) is 0 Å². The van der Waals surface area contributed by atoms with Gasteiger partial charge in [0.05, 0.1) is 0 Å². The summed E-state index contributed by atoms with van der Waals surface area (Å²) >= 11 is 1.72. The van der Waals surface area contributed by atoms with E-state index in [1.807, 2.05) is 12.1 Å². The SMILES string of the molecule is OCCCC1CC1c1ccc(-c2ccc(-c3ccc(C4CCC4)cc3)cc2F)s1. The molecular weight excluding hydrogens is 379 g/mol. The third kappa shape index (κ3) is 3.91. The van der Waals surface area contributed by atoms with E-state index in [1.54, 1.807) is 17.4 Å². The molecule has 1 heterocycles. The number of halogens is 1. The first-order valence-corrected chi connectivity index (χ1v) is 11.7. The third-order valence-corrected chi connectivity index (χ3v) is 7.95. The fraction of sp³-hybridized carbons (Fsp3) is 0.385. The summed E-state index contributed by atoms with van der Waals surface area (Å²) in [7, 11) is 0. The summed E-state index contributed by atoms with van der Waals surface area (Å²) in [5.74, 6) is 1.89. The first-order chi connectivity index (χ1) is 14.2. The predicted molar refractivity (Wildman–Crippen MR) is 119 cm³/mol. The van der Waals surface area contributed by atoms with Crippen LogP contribution in [0.5, 0.6) is 0 Å². The van der Waals surface area contributed by atoms with E-state index in [2.05, 4.69) is 36.4 Å². The molecule has 3 heteroatoms. The molecule has 2 aliphatic carbocycles. The maximum absolute atomic E-state index is 14.9. The monoisotopic (exact) mass is 406 g/mol. The molecule has 2 saturated carbocycles. The summed E-state index contributed by atoms with van der Waals surface area (Å²) < 4.78 is 14.9. The first kappa shape index (κ1) is 19.0. The highest BCUT2D eigenvalue weighted by Gasteiger charge is 2.38. The van der Waals surface area contributed by atoms with Crippen LogP contribution in [0, 0.1) is 11.7 Å². The minimum absolute atomic E-state index is 0.147. The zero-order valence-electron chi connectivity index (χ0n) is 16.6. The number of rotatable bonds is 7. The van der Waals surface area contributed by atoms with Crippen molar-refractivity contribution in [1.82, 2.24) is 0 Å². The van der Waals surface area contributed by atoms with Crippen LogP contribution in [-0.4, -0.2) is 11.7 Å². The Bertz CT molecular complexity index is 986. The quantitative estimate of drug-likeness (QED) is 0.434. The lowest BCUT2D eigenvalue weighted by molar-refractivity contribution is 0.281. The van der Waals surface area contributed by atoms with Crippen molar-refractivity contribution < 1.29 is 9.50 Å². The highest BCUT2D eigenvalue weighted by molar-refractivity contribution is 7.15. The Morgan fingerprint density at radius 3 is 2.45 bits per heavy atom. The number of hydrogen-bond acceptors (Lipinski definition) is 2. The van der Waals surface area contributed by atoms with Gasteiger partial charge in [-0.25, -0.2) is 4.39 Å². The van der Waals surface area contributed by atoms with E-state index in [-0.39, 0.29) is 12.4 Å². The first-order valence-electron chi connectivity index (χ1n) is 10.8. The van der Waals surface area contributed by atoms with Gasteiger partial charge >= 0.3 is 0 Å². The van der Waals surface area contributed by atoms with Crippen LogP contribution in [0.2, 0.25) is 0 Å². The van der Waals surface area contributed by atoms with Crippen LogP contribution < -0.4 is 0 Å². The number of aliphatic hydroxyl groups is 1. The molecule has 2 aliphatic rings. The minimum atomic E-state index is -0.147. The van der Waals surface area contributed by atoms with E-state index in [9.17, 15) is 4.39 Å². The zero-order valence-corrected chi connectivity index (χ0v) is 17.4. The van der Waals surface area contributed by atoms with Crippen LogP contribution in [0.3, 0.4) is 0 Å². The van der Waals surface area contributed by atoms with Crippen LogP contribution in [0.25, 0.3) is 21.6 Å². The Balaban J connectivity index is 1.31. The number of hydrogen-bond donors (Lipinski definition) is 1. The number of benzene rings is 2. The van der Waals surface area contributed by atoms with Crippen LogP contribution in [-0.2, 0) is 0 Å². The van der Waals surface area contributed by atoms with Crippen LogP contribution in [0.4, 0.5) is 4.39 Å². The van der Waals surface area contributed by atoms with Crippen LogP contribution >= 0.6 is 11.3 Å². The van der Waals surface area contributed by atoms with Crippen LogP contribution in [0.1, 0.15) is 60.8 Å². The van der Waals surface area contributed by atoms with Gasteiger partial charge in [0.2, 0.25) is 0 Å².